The summed E-state index contributed by atoms with van der Waals surface area (Å²) >= 11 is 0. The first-order chi connectivity index (χ1) is 37.6. The van der Waals surface area contributed by atoms with Gasteiger partial charge in [0.05, 0.1) is 32.0 Å². The molecule has 14 nitrogen and oxygen atoms in total. The van der Waals surface area contributed by atoms with Crippen LogP contribution in [0.3, 0.4) is 0 Å². The molecule has 0 aromatic rings. The first-order valence-electron chi connectivity index (χ1n) is 32.4. The number of aliphatic hydroxyl groups is 8. The van der Waals surface area contributed by atoms with Crippen LogP contribution < -0.4 is 5.32 Å². The second kappa shape index (κ2) is 49.3. The van der Waals surface area contributed by atoms with Crippen molar-refractivity contribution in [2.24, 2.45) is 0 Å². The zero-order valence-corrected chi connectivity index (χ0v) is 49.2. The number of aliphatic hydroxyl groups excluding tert-OH is 8. The molecule has 0 saturated carbocycles. The molecule has 2 fully saturated rings. The molecule has 0 aromatic heterocycles. The van der Waals surface area contributed by atoms with Crippen molar-refractivity contribution in [3.63, 3.8) is 0 Å². The van der Waals surface area contributed by atoms with Crippen molar-refractivity contribution < 1.29 is 64.6 Å². The number of carbonyl (C=O) groups is 1. The van der Waals surface area contributed by atoms with E-state index >= 15 is 0 Å². The molecule has 77 heavy (non-hydrogen) atoms. The Morgan fingerprint density at radius 3 is 1.19 bits per heavy atom. The Balaban J connectivity index is 1.55. The van der Waals surface area contributed by atoms with Gasteiger partial charge in [-0.2, -0.15) is 0 Å². The smallest absolute Gasteiger partial charge is 0.220 e. The average molecular weight is 1100 g/mol. The van der Waals surface area contributed by atoms with Gasteiger partial charge in [-0.3, -0.25) is 4.79 Å². The summed E-state index contributed by atoms with van der Waals surface area (Å²) in [5, 5.41) is 86.8. The molecule has 2 aliphatic rings. The summed E-state index contributed by atoms with van der Waals surface area (Å²) in [6, 6.07) is -0.908. The maximum Gasteiger partial charge on any atom is 0.220 e. The highest BCUT2D eigenvalue weighted by Crippen LogP contribution is 2.30. The Labute approximate surface area is 469 Å². The van der Waals surface area contributed by atoms with Crippen LogP contribution in [-0.4, -0.2) is 140 Å². The van der Waals surface area contributed by atoms with Crippen LogP contribution in [0.5, 0.6) is 0 Å². The van der Waals surface area contributed by atoms with Crippen molar-refractivity contribution in [1.29, 1.82) is 0 Å². The summed E-state index contributed by atoms with van der Waals surface area (Å²) in [7, 11) is 0. The quantitative estimate of drug-likeness (QED) is 0.0204. The minimum atomic E-state index is -1.78. The minimum Gasteiger partial charge on any atom is -0.394 e. The van der Waals surface area contributed by atoms with Crippen LogP contribution in [0.2, 0.25) is 0 Å². The van der Waals surface area contributed by atoms with Gasteiger partial charge in [-0.05, 0) is 19.3 Å². The van der Waals surface area contributed by atoms with Crippen molar-refractivity contribution in [2.75, 3.05) is 19.8 Å². The molecular weight excluding hydrogens is 979 g/mol. The van der Waals surface area contributed by atoms with Crippen molar-refractivity contribution in [2.45, 2.75) is 364 Å². The van der Waals surface area contributed by atoms with Gasteiger partial charge in [0.15, 0.2) is 12.6 Å². The molecule has 2 heterocycles. The fourth-order valence-corrected chi connectivity index (χ4v) is 11.0. The van der Waals surface area contributed by atoms with E-state index in [0.29, 0.717) is 6.42 Å². The number of carbonyl (C=O) groups excluding carboxylic acids is 1. The van der Waals surface area contributed by atoms with Crippen molar-refractivity contribution in [1.82, 2.24) is 5.32 Å². The number of nitrogens with one attached hydrogen (secondary N) is 1. The van der Waals surface area contributed by atoms with Crippen LogP contribution in [0.1, 0.15) is 290 Å². The Bertz CT molecular complexity index is 1340. The van der Waals surface area contributed by atoms with E-state index in [-0.39, 0.29) is 18.9 Å². The Morgan fingerprint density at radius 2 is 0.805 bits per heavy atom. The zero-order valence-electron chi connectivity index (χ0n) is 49.2. The first kappa shape index (κ1) is 71.8. The maximum atomic E-state index is 13.2. The molecule has 4 unspecified atom stereocenters. The molecule has 2 rings (SSSR count). The molecule has 0 spiro atoms. The lowest BCUT2D eigenvalue weighted by atomic mass is 9.97. The van der Waals surface area contributed by atoms with Crippen LogP contribution in [0.4, 0.5) is 0 Å². The molecule has 2 saturated heterocycles. The fourth-order valence-electron chi connectivity index (χ4n) is 11.0. The van der Waals surface area contributed by atoms with E-state index < -0.39 is 86.8 Å². The summed E-state index contributed by atoms with van der Waals surface area (Å²) < 4.78 is 22.7. The lowest BCUT2D eigenvalue weighted by molar-refractivity contribution is -0.359. The molecule has 2 aliphatic heterocycles. The fraction of sp³-hybridized carbons (Fsp3) is 0.952. The number of amides is 1. The van der Waals surface area contributed by atoms with Gasteiger partial charge >= 0.3 is 0 Å². The largest absolute Gasteiger partial charge is 0.394 e. The van der Waals surface area contributed by atoms with Gasteiger partial charge in [0.25, 0.3) is 0 Å². The summed E-state index contributed by atoms with van der Waals surface area (Å²) in [6.07, 6.45) is 41.7. The van der Waals surface area contributed by atoms with Crippen molar-refractivity contribution in [3.8, 4) is 0 Å². The topological polar surface area (TPSA) is 228 Å². The number of rotatable bonds is 53. The van der Waals surface area contributed by atoms with Crippen molar-refractivity contribution >= 4 is 5.91 Å². The van der Waals surface area contributed by atoms with Crippen LogP contribution >= 0.6 is 0 Å². The number of ether oxygens (including phenoxy) is 4. The van der Waals surface area contributed by atoms with E-state index in [1.165, 1.54) is 225 Å². The third kappa shape index (κ3) is 34.7. The van der Waals surface area contributed by atoms with Crippen LogP contribution in [-0.2, 0) is 23.7 Å². The van der Waals surface area contributed by atoms with Crippen LogP contribution in [0.15, 0.2) is 12.2 Å². The van der Waals surface area contributed by atoms with E-state index in [1.807, 2.05) is 6.08 Å². The van der Waals surface area contributed by atoms with Gasteiger partial charge in [0.1, 0.15) is 48.8 Å². The molecule has 9 N–H and O–H groups in total. The lowest BCUT2D eigenvalue weighted by Gasteiger charge is -2.46. The monoisotopic (exact) mass is 1100 g/mol. The highest BCUT2D eigenvalue weighted by Gasteiger charge is 2.51. The molecule has 0 bridgehead atoms. The number of hydrogen-bond donors (Lipinski definition) is 9. The third-order valence-corrected chi connectivity index (χ3v) is 16.2. The molecule has 0 radical (unpaired) electrons. The predicted molar refractivity (Wildman–Crippen MR) is 309 cm³/mol. The zero-order chi connectivity index (χ0) is 56.0. The molecule has 0 aromatic carbocycles. The van der Waals surface area contributed by atoms with E-state index in [4.69, 9.17) is 18.9 Å². The predicted octanol–water partition coefficient (Wildman–Crippen LogP) is 11.8. The lowest BCUT2D eigenvalue weighted by Crippen LogP contribution is -2.65. The summed E-state index contributed by atoms with van der Waals surface area (Å²) in [5.74, 6) is -0.236. The highest BCUT2D eigenvalue weighted by atomic mass is 16.7. The standard InChI is InChI=1S/C63H121NO13/c1-3-5-7-9-11-13-14-15-16-17-18-19-20-21-22-23-24-25-26-27-28-29-30-31-32-33-34-35-36-37-39-41-43-45-47-55(68)64-51(52(67)46-44-42-40-38-12-10-8-6-4-2)50-74-62-60(73)58(71)61(54(49-66)76-62)77-63-59(72)57(70)56(69)53(48-65)75-63/h44,46,51-54,56-63,65-67,69-73H,3-43,45,47-50H2,1-2H3,(H,64,68)/b46-44+/t51-,52+,53+,54+,56-,57?,58?,59?,60?,61+,62+,63-/m0/s1. The highest BCUT2D eigenvalue weighted by molar-refractivity contribution is 5.76. The van der Waals surface area contributed by atoms with Gasteiger partial charge in [0.2, 0.25) is 5.91 Å². The van der Waals surface area contributed by atoms with Gasteiger partial charge < -0.3 is 65.1 Å². The number of unbranched alkanes of at least 4 members (excludes halogenated alkanes) is 40. The SMILES string of the molecule is CCCCCCCCC/C=C/[C@@H](O)[C@H](CO[C@@H]1O[C@H](CO)[C@@H](O[C@@H]2O[C@H](CO)[C@H](O)C(O)C2O)C(O)C1O)NC(=O)CCCCCCCCCCCCCCCCCCCCCCCCCCCCCCCCCCCC. The number of allylic oxidation sites excluding steroid dienone is 1. The van der Waals surface area contributed by atoms with E-state index in [1.54, 1.807) is 6.08 Å². The third-order valence-electron chi connectivity index (χ3n) is 16.2. The molecule has 0 aliphatic carbocycles. The second-order valence-electron chi connectivity index (χ2n) is 23.3. The second-order valence-corrected chi connectivity index (χ2v) is 23.3. The van der Waals surface area contributed by atoms with Gasteiger partial charge in [-0.1, -0.05) is 276 Å². The van der Waals surface area contributed by atoms with Crippen LogP contribution in [0.25, 0.3) is 0 Å². The maximum absolute atomic E-state index is 13.2. The molecule has 12 atom stereocenters. The first-order valence-corrected chi connectivity index (χ1v) is 32.4. The Kier molecular flexibility index (Phi) is 46.0. The summed E-state index contributed by atoms with van der Waals surface area (Å²) in [4.78, 5) is 13.2. The van der Waals surface area contributed by atoms with Gasteiger partial charge in [-0.15, -0.1) is 0 Å². The Hall–Kier alpha value is -1.27. The molecular formula is C63H121NO13. The summed E-state index contributed by atoms with van der Waals surface area (Å²) in [6.45, 7) is 2.79. The normalized spacial score (nSPS) is 24.7. The molecule has 14 heteroatoms. The van der Waals surface area contributed by atoms with E-state index in [0.717, 1.165) is 38.5 Å². The molecule has 456 valence electrons. The van der Waals surface area contributed by atoms with E-state index in [2.05, 4.69) is 19.2 Å². The van der Waals surface area contributed by atoms with Gasteiger partial charge in [-0.25, -0.2) is 0 Å². The average Bonchev–Trinajstić information content (AvgIpc) is 3.43. The van der Waals surface area contributed by atoms with E-state index in [9.17, 15) is 45.6 Å². The number of hydrogen-bond acceptors (Lipinski definition) is 13. The van der Waals surface area contributed by atoms with Crippen molar-refractivity contribution in [3.05, 3.63) is 12.2 Å². The molecule has 1 amide bonds. The van der Waals surface area contributed by atoms with Crippen LogP contribution in [0, 0.1) is 0 Å². The summed E-state index contributed by atoms with van der Waals surface area (Å²) in [5.41, 5.74) is 0. The Morgan fingerprint density at radius 1 is 0.455 bits per heavy atom. The van der Waals surface area contributed by atoms with Gasteiger partial charge in [0, 0.05) is 6.42 Å². The minimum absolute atomic E-state index is 0.236.